The molecule has 4 nitrogen and oxygen atoms in total. The first-order valence-corrected chi connectivity index (χ1v) is 8.66. The Hall–Kier alpha value is -1.85. The number of hydrogen-bond donors (Lipinski definition) is 1. The minimum atomic E-state index is -0.542. The Bertz CT molecular complexity index is 654. The fraction of sp³-hybridized carbons (Fsp3) is 0.316. The average Bonchev–Trinajstić information content (AvgIpc) is 2.55. The molecule has 0 saturated heterocycles. The first kappa shape index (κ1) is 18.5. The molecule has 0 heterocycles. The lowest BCUT2D eigenvalue weighted by Crippen LogP contribution is -2.35. The molecule has 0 aliphatic heterocycles. The summed E-state index contributed by atoms with van der Waals surface area (Å²) in [5, 5.41) is 2.91. The number of halogens is 1. The van der Waals surface area contributed by atoms with E-state index in [4.69, 9.17) is 4.74 Å². The normalized spacial score (nSPS) is 12.0. The Kier molecular flexibility index (Phi) is 6.82. The van der Waals surface area contributed by atoms with Crippen LogP contribution >= 0.6 is 15.9 Å². The van der Waals surface area contributed by atoms with Crippen LogP contribution in [0, 0.1) is 0 Å². The number of ether oxygens (including phenoxy) is 1. The standard InChI is InChI=1S/C19H23BrN2O2/c1-14(24-18-10-8-17(20)9-11-18)19(23)21-12-15-4-6-16(7-5-15)13-22(2)3/h4-11,14H,12-13H2,1-3H3,(H,21,23). The molecule has 24 heavy (non-hydrogen) atoms. The van der Waals surface area contributed by atoms with Crippen molar-refractivity contribution in [2.45, 2.75) is 26.1 Å². The third-order valence-corrected chi connectivity index (χ3v) is 4.01. The van der Waals surface area contributed by atoms with Gasteiger partial charge in [-0.25, -0.2) is 0 Å². The quantitative estimate of drug-likeness (QED) is 0.784. The molecule has 0 radical (unpaired) electrons. The van der Waals surface area contributed by atoms with Gasteiger partial charge in [0.2, 0.25) is 0 Å². The predicted octanol–water partition coefficient (Wildman–Crippen LogP) is 3.59. The van der Waals surface area contributed by atoms with Crippen molar-refractivity contribution >= 4 is 21.8 Å². The molecule has 0 bridgehead atoms. The van der Waals surface area contributed by atoms with Gasteiger partial charge in [-0.1, -0.05) is 40.2 Å². The Morgan fingerprint density at radius 3 is 2.25 bits per heavy atom. The lowest BCUT2D eigenvalue weighted by atomic mass is 10.1. The van der Waals surface area contributed by atoms with Gasteiger partial charge in [-0.3, -0.25) is 4.79 Å². The molecule has 0 fully saturated rings. The van der Waals surface area contributed by atoms with Crippen molar-refractivity contribution in [3.05, 3.63) is 64.1 Å². The maximum absolute atomic E-state index is 12.1. The second-order valence-electron chi connectivity index (χ2n) is 5.99. The molecule has 0 aromatic heterocycles. The highest BCUT2D eigenvalue weighted by atomic mass is 79.9. The third kappa shape index (κ3) is 5.98. The minimum Gasteiger partial charge on any atom is -0.481 e. The van der Waals surface area contributed by atoms with Crippen LogP contribution in [-0.2, 0) is 17.9 Å². The van der Waals surface area contributed by atoms with E-state index in [-0.39, 0.29) is 5.91 Å². The highest BCUT2D eigenvalue weighted by Crippen LogP contribution is 2.17. The smallest absolute Gasteiger partial charge is 0.261 e. The van der Waals surface area contributed by atoms with Crippen LogP contribution in [0.25, 0.3) is 0 Å². The summed E-state index contributed by atoms with van der Waals surface area (Å²) < 4.78 is 6.62. The van der Waals surface area contributed by atoms with Crippen molar-refractivity contribution in [2.24, 2.45) is 0 Å². The Morgan fingerprint density at radius 2 is 1.67 bits per heavy atom. The third-order valence-electron chi connectivity index (χ3n) is 3.48. The molecule has 2 rings (SSSR count). The van der Waals surface area contributed by atoms with E-state index in [2.05, 4.69) is 38.3 Å². The van der Waals surface area contributed by atoms with Gasteiger partial charge >= 0.3 is 0 Å². The number of hydrogen-bond acceptors (Lipinski definition) is 3. The van der Waals surface area contributed by atoms with Gasteiger partial charge in [0.15, 0.2) is 6.10 Å². The van der Waals surface area contributed by atoms with E-state index in [0.717, 1.165) is 16.6 Å². The number of carbonyl (C=O) groups is 1. The van der Waals surface area contributed by atoms with Crippen LogP contribution in [0.3, 0.4) is 0 Å². The molecule has 0 aliphatic carbocycles. The van der Waals surface area contributed by atoms with Crippen molar-refractivity contribution in [3.63, 3.8) is 0 Å². The summed E-state index contributed by atoms with van der Waals surface area (Å²) >= 11 is 3.37. The highest BCUT2D eigenvalue weighted by Gasteiger charge is 2.14. The van der Waals surface area contributed by atoms with Crippen molar-refractivity contribution in [1.29, 1.82) is 0 Å². The maximum atomic E-state index is 12.1. The molecule has 2 aromatic carbocycles. The van der Waals surface area contributed by atoms with Crippen LogP contribution in [0.2, 0.25) is 0 Å². The monoisotopic (exact) mass is 390 g/mol. The van der Waals surface area contributed by atoms with Crippen molar-refractivity contribution < 1.29 is 9.53 Å². The lowest BCUT2D eigenvalue weighted by molar-refractivity contribution is -0.127. The summed E-state index contributed by atoms with van der Waals surface area (Å²) in [6.45, 7) is 3.15. The number of benzene rings is 2. The zero-order valence-corrected chi connectivity index (χ0v) is 15.8. The Labute approximate surface area is 151 Å². The van der Waals surface area contributed by atoms with E-state index in [0.29, 0.717) is 12.3 Å². The molecule has 1 atom stereocenters. The molecule has 0 saturated carbocycles. The number of rotatable bonds is 7. The van der Waals surface area contributed by atoms with Gasteiger partial charge < -0.3 is 15.0 Å². The van der Waals surface area contributed by atoms with Gasteiger partial charge in [-0.05, 0) is 56.4 Å². The molecule has 1 unspecified atom stereocenters. The van der Waals surface area contributed by atoms with Gasteiger partial charge in [-0.2, -0.15) is 0 Å². The molecule has 1 amide bonds. The van der Waals surface area contributed by atoms with E-state index in [1.807, 2.05) is 50.5 Å². The molecule has 0 aliphatic rings. The van der Waals surface area contributed by atoms with Gasteiger partial charge in [0.05, 0.1) is 0 Å². The molecule has 128 valence electrons. The fourth-order valence-electron chi connectivity index (χ4n) is 2.23. The van der Waals surface area contributed by atoms with Gasteiger partial charge in [0.25, 0.3) is 5.91 Å². The first-order chi connectivity index (χ1) is 11.4. The summed E-state index contributed by atoms with van der Waals surface area (Å²) in [6, 6.07) is 15.7. The van der Waals surface area contributed by atoms with Crippen LogP contribution < -0.4 is 10.1 Å². The summed E-state index contributed by atoms with van der Waals surface area (Å²) in [5.41, 5.74) is 2.32. The summed E-state index contributed by atoms with van der Waals surface area (Å²) in [5.74, 6) is 0.546. The molecular formula is C19H23BrN2O2. The molecule has 1 N–H and O–H groups in total. The summed E-state index contributed by atoms with van der Waals surface area (Å²) in [6.07, 6.45) is -0.542. The SMILES string of the molecule is CC(Oc1ccc(Br)cc1)C(=O)NCc1ccc(CN(C)C)cc1. The Morgan fingerprint density at radius 1 is 1.08 bits per heavy atom. The topological polar surface area (TPSA) is 41.6 Å². The van der Waals surface area contributed by atoms with Gasteiger partial charge in [0.1, 0.15) is 5.75 Å². The molecule has 5 heteroatoms. The summed E-state index contributed by atoms with van der Waals surface area (Å²) in [7, 11) is 4.09. The number of nitrogens with zero attached hydrogens (tertiary/aromatic N) is 1. The lowest BCUT2D eigenvalue weighted by Gasteiger charge is -2.15. The second kappa shape index (κ2) is 8.85. The van der Waals surface area contributed by atoms with Crippen LogP contribution in [-0.4, -0.2) is 31.0 Å². The van der Waals surface area contributed by atoms with Gasteiger partial charge in [-0.15, -0.1) is 0 Å². The zero-order valence-electron chi connectivity index (χ0n) is 14.3. The number of carbonyl (C=O) groups excluding carboxylic acids is 1. The van der Waals surface area contributed by atoms with Crippen molar-refractivity contribution in [1.82, 2.24) is 10.2 Å². The average molecular weight is 391 g/mol. The van der Waals surface area contributed by atoms with E-state index < -0.39 is 6.10 Å². The molecule has 2 aromatic rings. The number of amides is 1. The predicted molar refractivity (Wildman–Crippen MR) is 99.9 cm³/mol. The second-order valence-corrected chi connectivity index (χ2v) is 6.90. The van der Waals surface area contributed by atoms with Crippen molar-refractivity contribution in [3.8, 4) is 5.75 Å². The largest absolute Gasteiger partial charge is 0.481 e. The van der Waals surface area contributed by atoms with E-state index >= 15 is 0 Å². The van der Waals surface area contributed by atoms with Crippen LogP contribution in [0.1, 0.15) is 18.1 Å². The van der Waals surface area contributed by atoms with Crippen molar-refractivity contribution in [2.75, 3.05) is 14.1 Å². The van der Waals surface area contributed by atoms with E-state index in [9.17, 15) is 4.79 Å². The van der Waals surface area contributed by atoms with Crippen LogP contribution in [0.5, 0.6) is 5.75 Å². The summed E-state index contributed by atoms with van der Waals surface area (Å²) in [4.78, 5) is 14.3. The molecule has 0 spiro atoms. The first-order valence-electron chi connectivity index (χ1n) is 7.86. The maximum Gasteiger partial charge on any atom is 0.261 e. The highest BCUT2D eigenvalue weighted by molar-refractivity contribution is 9.10. The van der Waals surface area contributed by atoms with E-state index in [1.165, 1.54) is 5.56 Å². The molecular weight excluding hydrogens is 368 g/mol. The number of nitrogens with one attached hydrogen (secondary N) is 1. The van der Waals surface area contributed by atoms with Crippen LogP contribution in [0.4, 0.5) is 0 Å². The zero-order chi connectivity index (χ0) is 17.5. The Balaban J connectivity index is 1.82. The van der Waals surface area contributed by atoms with Gasteiger partial charge in [0, 0.05) is 17.6 Å². The van der Waals surface area contributed by atoms with Crippen LogP contribution in [0.15, 0.2) is 53.0 Å². The fourth-order valence-corrected chi connectivity index (χ4v) is 2.50. The minimum absolute atomic E-state index is 0.129. The van der Waals surface area contributed by atoms with E-state index in [1.54, 1.807) is 6.92 Å².